The number of hydrogen-bond donors (Lipinski definition) is 2. The molecule has 3 amide bonds. The number of halogens is 6. The van der Waals surface area contributed by atoms with Gasteiger partial charge in [0.2, 0.25) is 18.0 Å². The maximum Gasteiger partial charge on any atom is 0.389 e. The van der Waals surface area contributed by atoms with Crippen molar-refractivity contribution in [1.29, 1.82) is 0 Å². The summed E-state index contributed by atoms with van der Waals surface area (Å²) < 4.78 is 83.9. The Balaban J connectivity index is 1.75. The molecule has 1 aliphatic carbocycles. The number of nitrogens with zero attached hydrogens (tertiary/aromatic N) is 2. The lowest BCUT2D eigenvalue weighted by atomic mass is 9.83. The van der Waals surface area contributed by atoms with Crippen LogP contribution in [0.25, 0.3) is 0 Å². The second-order valence-corrected chi connectivity index (χ2v) is 10.9. The van der Waals surface area contributed by atoms with Gasteiger partial charge in [0, 0.05) is 42.3 Å². The summed E-state index contributed by atoms with van der Waals surface area (Å²) in [6.07, 6.45) is -14.5. The Kier molecular flexibility index (Phi) is 9.89. The van der Waals surface area contributed by atoms with E-state index in [1.165, 1.54) is 12.0 Å². The number of anilines is 1. The SMILES string of the molecule is COc1ccc(C2=N[C@H](NC(=O)[C@@H](CCC(F)(F)F)[C@@H](CCC(F)(F)F)C(N)=O)C(=O)N(CC3CC3)c3ccccc32)cc1. The van der Waals surface area contributed by atoms with Gasteiger partial charge in [-0.05, 0) is 61.9 Å². The van der Waals surface area contributed by atoms with Gasteiger partial charge in [-0.2, -0.15) is 26.3 Å². The molecule has 1 saturated carbocycles. The molecule has 3 N–H and O–H groups in total. The Bertz CT molecular complexity index is 1390. The lowest BCUT2D eigenvalue weighted by molar-refractivity contribution is -0.152. The van der Waals surface area contributed by atoms with Crippen LogP contribution in [0.2, 0.25) is 0 Å². The van der Waals surface area contributed by atoms with Gasteiger partial charge in [0.1, 0.15) is 5.75 Å². The predicted molar refractivity (Wildman–Crippen MR) is 149 cm³/mol. The van der Waals surface area contributed by atoms with Gasteiger partial charge in [-0.15, -0.1) is 0 Å². The topological polar surface area (TPSA) is 114 Å². The van der Waals surface area contributed by atoms with E-state index in [2.05, 4.69) is 10.3 Å². The van der Waals surface area contributed by atoms with E-state index in [0.717, 1.165) is 12.8 Å². The summed E-state index contributed by atoms with van der Waals surface area (Å²) >= 11 is 0. The Morgan fingerprint density at radius 2 is 1.57 bits per heavy atom. The number of nitrogens with one attached hydrogen (secondary N) is 1. The number of methoxy groups -OCH3 is 1. The summed E-state index contributed by atoms with van der Waals surface area (Å²) in [5.74, 6) is -6.30. The minimum atomic E-state index is -4.77. The van der Waals surface area contributed by atoms with Gasteiger partial charge in [-0.3, -0.25) is 14.4 Å². The molecule has 44 heavy (non-hydrogen) atoms. The molecule has 0 spiro atoms. The molecule has 238 valence electrons. The van der Waals surface area contributed by atoms with Gasteiger partial charge in [-0.25, -0.2) is 4.99 Å². The lowest BCUT2D eigenvalue weighted by Crippen LogP contribution is -2.51. The van der Waals surface area contributed by atoms with Crippen LogP contribution in [0.3, 0.4) is 0 Å². The van der Waals surface area contributed by atoms with Crippen LogP contribution < -0.4 is 20.7 Å². The van der Waals surface area contributed by atoms with Gasteiger partial charge in [0.25, 0.3) is 5.91 Å². The number of benzene rings is 2. The molecule has 0 bridgehead atoms. The minimum absolute atomic E-state index is 0.187. The molecule has 2 aromatic rings. The van der Waals surface area contributed by atoms with Crippen LogP contribution in [0.15, 0.2) is 53.5 Å². The zero-order valence-electron chi connectivity index (χ0n) is 23.8. The fourth-order valence-electron chi connectivity index (χ4n) is 5.19. The number of carbonyl (C=O) groups excluding carboxylic acids is 3. The number of primary amides is 1. The molecule has 1 heterocycles. The van der Waals surface area contributed by atoms with Gasteiger partial charge >= 0.3 is 12.4 Å². The first-order valence-electron chi connectivity index (χ1n) is 14.0. The average Bonchev–Trinajstić information content (AvgIpc) is 3.79. The van der Waals surface area contributed by atoms with Crippen molar-refractivity contribution in [2.24, 2.45) is 28.5 Å². The van der Waals surface area contributed by atoms with Crippen LogP contribution in [-0.4, -0.2) is 55.6 Å². The second-order valence-electron chi connectivity index (χ2n) is 10.9. The zero-order chi connectivity index (χ0) is 32.2. The fourth-order valence-corrected chi connectivity index (χ4v) is 5.19. The van der Waals surface area contributed by atoms with E-state index >= 15 is 0 Å². The van der Waals surface area contributed by atoms with Crippen LogP contribution in [0.1, 0.15) is 49.7 Å². The van der Waals surface area contributed by atoms with E-state index in [4.69, 9.17) is 10.5 Å². The molecule has 0 radical (unpaired) electrons. The first-order chi connectivity index (χ1) is 20.7. The van der Waals surface area contributed by atoms with E-state index in [0.29, 0.717) is 29.1 Å². The summed E-state index contributed by atoms with van der Waals surface area (Å²) in [5.41, 5.74) is 7.19. The highest BCUT2D eigenvalue weighted by molar-refractivity contribution is 6.20. The maximum atomic E-state index is 13.9. The van der Waals surface area contributed by atoms with Crippen LogP contribution in [0, 0.1) is 17.8 Å². The third kappa shape index (κ3) is 8.50. The number of hydrogen-bond acceptors (Lipinski definition) is 5. The molecule has 2 aromatic carbocycles. The number of aliphatic imine (C=N–C) groups is 1. The highest BCUT2D eigenvalue weighted by Crippen LogP contribution is 2.36. The quantitative estimate of drug-likeness (QED) is 0.318. The van der Waals surface area contributed by atoms with Gasteiger partial charge in [0.05, 0.1) is 18.5 Å². The molecule has 4 rings (SSSR count). The zero-order valence-corrected chi connectivity index (χ0v) is 23.8. The Labute approximate surface area is 249 Å². The molecule has 1 fully saturated rings. The standard InChI is InChI=1S/C30H32F6N4O4/c1-44-19-10-8-18(9-11-19)24-22-4-2-3-5-23(22)40(16-17-6-7-17)28(43)26(38-24)39-27(42)21(13-15-30(34,35)36)20(25(37)41)12-14-29(31,32)33/h2-5,8-11,17,20-21,26H,6-7,12-16H2,1H3,(H2,37,41)(H,39,42)/t20-,21+,26-/m1/s1. The van der Waals surface area contributed by atoms with Crippen LogP contribution in [0.4, 0.5) is 32.0 Å². The molecule has 14 heteroatoms. The number of benzodiazepines with no additional fused rings is 1. The number of fused-ring (bicyclic) bond motifs is 1. The third-order valence-electron chi connectivity index (χ3n) is 7.65. The van der Waals surface area contributed by atoms with E-state index in [9.17, 15) is 40.7 Å². The summed E-state index contributed by atoms with van der Waals surface area (Å²) in [5, 5.41) is 2.36. The highest BCUT2D eigenvalue weighted by atomic mass is 19.4. The summed E-state index contributed by atoms with van der Waals surface area (Å²) in [6.45, 7) is 0.292. The molecule has 0 saturated heterocycles. The van der Waals surface area contributed by atoms with Crippen LogP contribution >= 0.6 is 0 Å². The van der Waals surface area contributed by atoms with Crippen molar-refractivity contribution >= 4 is 29.1 Å². The summed E-state index contributed by atoms with van der Waals surface area (Å²) in [6, 6.07) is 13.6. The highest BCUT2D eigenvalue weighted by Gasteiger charge is 2.42. The largest absolute Gasteiger partial charge is 0.497 e. The summed E-state index contributed by atoms with van der Waals surface area (Å²) in [4.78, 5) is 45.7. The molecular formula is C30H32F6N4O4. The van der Waals surface area contributed by atoms with Crippen molar-refractivity contribution in [1.82, 2.24) is 5.32 Å². The molecule has 0 unspecified atom stereocenters. The van der Waals surface area contributed by atoms with Crippen molar-refractivity contribution in [2.45, 2.75) is 57.0 Å². The second kappa shape index (κ2) is 13.3. The number of amides is 3. The van der Waals surface area contributed by atoms with Crippen LogP contribution in [-0.2, 0) is 14.4 Å². The molecule has 0 aromatic heterocycles. The minimum Gasteiger partial charge on any atom is -0.497 e. The van der Waals surface area contributed by atoms with E-state index in [1.807, 2.05) is 0 Å². The van der Waals surface area contributed by atoms with E-state index in [1.54, 1.807) is 48.5 Å². The number of para-hydroxylation sites is 1. The van der Waals surface area contributed by atoms with Crippen molar-refractivity contribution in [2.75, 3.05) is 18.6 Å². The molecule has 8 nitrogen and oxygen atoms in total. The monoisotopic (exact) mass is 626 g/mol. The maximum absolute atomic E-state index is 13.9. The molecule has 1 aliphatic heterocycles. The lowest BCUT2D eigenvalue weighted by Gasteiger charge is -2.28. The number of carbonyl (C=O) groups is 3. The smallest absolute Gasteiger partial charge is 0.389 e. The van der Waals surface area contributed by atoms with Gasteiger partial charge in [-0.1, -0.05) is 18.2 Å². The number of rotatable bonds is 12. The van der Waals surface area contributed by atoms with Crippen molar-refractivity contribution in [3.05, 3.63) is 59.7 Å². The number of ether oxygens (including phenoxy) is 1. The average molecular weight is 627 g/mol. The van der Waals surface area contributed by atoms with Crippen molar-refractivity contribution < 1.29 is 45.5 Å². The Morgan fingerprint density at radius 3 is 2.11 bits per heavy atom. The van der Waals surface area contributed by atoms with E-state index in [-0.39, 0.29) is 11.6 Å². The first kappa shape index (κ1) is 32.8. The number of alkyl halides is 6. The summed E-state index contributed by atoms with van der Waals surface area (Å²) in [7, 11) is 1.48. The van der Waals surface area contributed by atoms with Gasteiger partial charge < -0.3 is 20.7 Å². The van der Waals surface area contributed by atoms with Crippen LogP contribution in [0.5, 0.6) is 5.75 Å². The third-order valence-corrected chi connectivity index (χ3v) is 7.65. The first-order valence-corrected chi connectivity index (χ1v) is 14.0. The van der Waals surface area contributed by atoms with Crippen molar-refractivity contribution in [3.8, 4) is 5.75 Å². The van der Waals surface area contributed by atoms with Crippen molar-refractivity contribution in [3.63, 3.8) is 0 Å². The Hall–Kier alpha value is -4.10. The Morgan fingerprint density at radius 1 is 0.977 bits per heavy atom. The normalized spacial score (nSPS) is 18.5. The predicted octanol–water partition coefficient (Wildman–Crippen LogP) is 5.13. The van der Waals surface area contributed by atoms with E-state index < -0.39 is 73.8 Å². The van der Waals surface area contributed by atoms with Gasteiger partial charge in [0.15, 0.2) is 0 Å². The fraction of sp³-hybridized carbons (Fsp3) is 0.467. The number of nitrogens with two attached hydrogens (primary N) is 1. The molecule has 3 atom stereocenters. The molecule has 2 aliphatic rings. The molecular weight excluding hydrogens is 594 g/mol.